The van der Waals surface area contributed by atoms with Gasteiger partial charge in [-0.1, -0.05) is 36.4 Å². The number of aromatic amines is 1. The van der Waals surface area contributed by atoms with Gasteiger partial charge in [0.05, 0.1) is 34.7 Å². The average molecular weight is 348 g/mol. The third kappa shape index (κ3) is 3.04. The molecule has 0 unspecified atom stereocenters. The van der Waals surface area contributed by atoms with Crippen molar-refractivity contribution in [3.8, 4) is 0 Å². The first kappa shape index (κ1) is 15.5. The number of H-pyrrole nitrogens is 1. The number of aryl methyl sites for hydroxylation is 1. The van der Waals surface area contributed by atoms with Crippen molar-refractivity contribution in [2.45, 2.75) is 13.0 Å². The Hall–Kier alpha value is -2.99. The Balaban J connectivity index is 1.74. The molecular formula is C19H16N4OS. The summed E-state index contributed by atoms with van der Waals surface area (Å²) >= 11 is 1.29. The summed E-state index contributed by atoms with van der Waals surface area (Å²) in [7, 11) is 0. The second kappa shape index (κ2) is 6.49. The van der Waals surface area contributed by atoms with Crippen LogP contribution in [0.2, 0.25) is 0 Å². The van der Waals surface area contributed by atoms with Crippen molar-refractivity contribution in [1.29, 1.82) is 0 Å². The van der Waals surface area contributed by atoms with E-state index in [4.69, 9.17) is 0 Å². The molecule has 2 heterocycles. The fourth-order valence-corrected chi connectivity index (χ4v) is 3.55. The van der Waals surface area contributed by atoms with Crippen molar-refractivity contribution in [1.82, 2.24) is 19.7 Å². The number of rotatable bonds is 4. The van der Waals surface area contributed by atoms with Crippen molar-refractivity contribution >= 4 is 28.5 Å². The Morgan fingerprint density at radius 2 is 2.00 bits per heavy atom. The zero-order chi connectivity index (χ0) is 17.2. The summed E-state index contributed by atoms with van der Waals surface area (Å²) in [6.07, 6.45) is 1.67. The summed E-state index contributed by atoms with van der Waals surface area (Å²) in [5, 5.41) is 4.93. The molecule has 0 bridgehead atoms. The van der Waals surface area contributed by atoms with Gasteiger partial charge in [-0.25, -0.2) is 4.98 Å². The number of benzene rings is 2. The maximum atomic E-state index is 12.7. The highest BCUT2D eigenvalue weighted by molar-refractivity contribution is 7.03. The molecule has 0 aliphatic carbocycles. The monoisotopic (exact) mass is 348 g/mol. The molecule has 0 aliphatic heterocycles. The predicted molar refractivity (Wildman–Crippen MR) is 98.7 cm³/mol. The zero-order valence-corrected chi connectivity index (χ0v) is 14.4. The Morgan fingerprint density at radius 1 is 1.16 bits per heavy atom. The van der Waals surface area contributed by atoms with Crippen molar-refractivity contribution in [3.05, 3.63) is 82.6 Å². The van der Waals surface area contributed by atoms with E-state index in [0.29, 0.717) is 5.56 Å². The lowest BCUT2D eigenvalue weighted by Crippen LogP contribution is -2.29. The van der Waals surface area contributed by atoms with Gasteiger partial charge in [-0.15, -0.1) is 0 Å². The van der Waals surface area contributed by atoms with Gasteiger partial charge in [0, 0.05) is 5.38 Å². The van der Waals surface area contributed by atoms with Gasteiger partial charge in [0.15, 0.2) is 0 Å². The maximum Gasteiger partial charge on any atom is 0.254 e. The smallest absolute Gasteiger partial charge is 0.254 e. The molecule has 0 fully saturated rings. The van der Waals surface area contributed by atoms with Gasteiger partial charge in [0.25, 0.3) is 5.91 Å². The molecule has 0 spiro atoms. The third-order valence-electron chi connectivity index (χ3n) is 4.18. The molecule has 0 aliphatic rings. The number of aromatic nitrogens is 3. The van der Waals surface area contributed by atoms with Crippen LogP contribution < -0.4 is 5.32 Å². The van der Waals surface area contributed by atoms with Crippen molar-refractivity contribution in [2.24, 2.45) is 0 Å². The number of carbonyl (C=O) groups is 1. The molecule has 0 radical (unpaired) electrons. The fraction of sp³-hybridized carbons (Fsp3) is 0.105. The van der Waals surface area contributed by atoms with E-state index in [2.05, 4.69) is 19.7 Å². The molecule has 0 saturated carbocycles. The molecule has 2 aromatic carbocycles. The third-order valence-corrected chi connectivity index (χ3v) is 4.90. The molecule has 124 valence electrons. The first-order valence-corrected chi connectivity index (χ1v) is 8.76. The zero-order valence-electron chi connectivity index (χ0n) is 13.6. The molecule has 1 amide bonds. The lowest BCUT2D eigenvalue weighted by molar-refractivity contribution is 0.0942. The minimum Gasteiger partial charge on any atom is -0.345 e. The summed E-state index contributed by atoms with van der Waals surface area (Å²) in [5.74, 6) is -0.121. The maximum absolute atomic E-state index is 12.7. The molecule has 4 aromatic rings. The summed E-state index contributed by atoms with van der Waals surface area (Å²) in [5.41, 5.74) is 5.24. The highest BCUT2D eigenvalue weighted by Crippen LogP contribution is 2.25. The second-order valence-electron chi connectivity index (χ2n) is 5.81. The highest BCUT2D eigenvalue weighted by atomic mass is 32.1. The van der Waals surface area contributed by atoms with Crippen LogP contribution in [-0.2, 0) is 0 Å². The Labute approximate surface area is 148 Å². The van der Waals surface area contributed by atoms with E-state index >= 15 is 0 Å². The van der Waals surface area contributed by atoms with E-state index in [1.54, 1.807) is 11.7 Å². The van der Waals surface area contributed by atoms with Gasteiger partial charge < -0.3 is 10.3 Å². The van der Waals surface area contributed by atoms with Crippen LogP contribution in [0.25, 0.3) is 11.0 Å². The van der Waals surface area contributed by atoms with E-state index in [1.165, 1.54) is 11.5 Å². The first-order chi connectivity index (χ1) is 12.2. The van der Waals surface area contributed by atoms with Crippen LogP contribution in [0.3, 0.4) is 0 Å². The number of nitrogens with one attached hydrogen (secondary N) is 2. The molecule has 2 N–H and O–H groups in total. The van der Waals surface area contributed by atoms with E-state index in [9.17, 15) is 4.79 Å². The molecule has 25 heavy (non-hydrogen) atoms. The van der Waals surface area contributed by atoms with Gasteiger partial charge in [-0.3, -0.25) is 4.79 Å². The average Bonchev–Trinajstić information content (AvgIpc) is 3.28. The van der Waals surface area contributed by atoms with Crippen LogP contribution in [0.5, 0.6) is 0 Å². The minimum atomic E-state index is -0.249. The molecule has 6 heteroatoms. The molecular weight excluding hydrogens is 332 g/mol. The van der Waals surface area contributed by atoms with Crippen LogP contribution >= 0.6 is 11.5 Å². The molecule has 1 atom stereocenters. The molecule has 0 saturated heterocycles. The highest BCUT2D eigenvalue weighted by Gasteiger charge is 2.20. The van der Waals surface area contributed by atoms with Gasteiger partial charge >= 0.3 is 0 Å². The van der Waals surface area contributed by atoms with Gasteiger partial charge in [-0.05, 0) is 41.7 Å². The number of fused-ring (bicyclic) bond motifs is 1. The van der Waals surface area contributed by atoms with Crippen LogP contribution in [0.15, 0.2) is 60.2 Å². The number of hydrogen-bond donors (Lipinski definition) is 2. The van der Waals surface area contributed by atoms with Gasteiger partial charge in [-0.2, -0.15) is 4.37 Å². The molecule has 5 nitrogen and oxygen atoms in total. The van der Waals surface area contributed by atoms with Crippen LogP contribution in [0.1, 0.15) is 33.2 Å². The van der Waals surface area contributed by atoms with Crippen molar-refractivity contribution < 1.29 is 4.79 Å². The number of nitrogens with zero attached hydrogens (tertiary/aromatic N) is 2. The molecule has 4 rings (SSSR count). The van der Waals surface area contributed by atoms with Gasteiger partial charge in [0.1, 0.15) is 0 Å². The predicted octanol–water partition coefficient (Wildman–Crippen LogP) is 3.85. The van der Waals surface area contributed by atoms with E-state index in [1.807, 2.05) is 55.5 Å². The van der Waals surface area contributed by atoms with Crippen LogP contribution in [0, 0.1) is 6.92 Å². The van der Waals surface area contributed by atoms with Crippen LogP contribution in [0.4, 0.5) is 0 Å². The Kier molecular flexibility index (Phi) is 4.03. The van der Waals surface area contributed by atoms with Crippen molar-refractivity contribution in [3.63, 3.8) is 0 Å². The minimum absolute atomic E-state index is 0.121. The Bertz CT molecular complexity index is 1020. The number of carbonyl (C=O) groups excluding carboxylic acids is 1. The fourth-order valence-electron chi connectivity index (χ4n) is 2.86. The number of amides is 1. The number of hydrogen-bond acceptors (Lipinski definition) is 4. The topological polar surface area (TPSA) is 70.7 Å². The second-order valence-corrected chi connectivity index (χ2v) is 6.44. The lowest BCUT2D eigenvalue weighted by Gasteiger charge is -2.20. The van der Waals surface area contributed by atoms with Crippen molar-refractivity contribution in [2.75, 3.05) is 0 Å². The number of imidazole rings is 1. The first-order valence-electron chi connectivity index (χ1n) is 7.92. The van der Waals surface area contributed by atoms with E-state index in [-0.39, 0.29) is 11.9 Å². The Morgan fingerprint density at radius 3 is 2.76 bits per heavy atom. The summed E-state index contributed by atoms with van der Waals surface area (Å²) < 4.78 is 4.19. The SMILES string of the molecule is Cc1nscc1C(=O)N[C@H](c1ccccc1)c1ccc2nc[nH]c2c1. The van der Waals surface area contributed by atoms with Gasteiger partial charge in [0.2, 0.25) is 0 Å². The van der Waals surface area contributed by atoms with E-state index < -0.39 is 0 Å². The standard InChI is InChI=1S/C19H16N4OS/c1-12-15(10-25-23-12)19(24)22-18(13-5-3-2-4-6-13)14-7-8-16-17(9-14)21-11-20-16/h2-11,18H,1H3,(H,20,21)(H,22,24)/t18-/m1/s1. The van der Waals surface area contributed by atoms with E-state index in [0.717, 1.165) is 27.9 Å². The quantitative estimate of drug-likeness (QED) is 0.588. The largest absolute Gasteiger partial charge is 0.345 e. The summed E-state index contributed by atoms with van der Waals surface area (Å²) in [6.45, 7) is 1.85. The lowest BCUT2D eigenvalue weighted by atomic mass is 9.98. The van der Waals surface area contributed by atoms with Crippen LogP contribution in [-0.4, -0.2) is 20.2 Å². The summed E-state index contributed by atoms with van der Waals surface area (Å²) in [4.78, 5) is 20.1. The summed E-state index contributed by atoms with van der Waals surface area (Å²) in [6, 6.07) is 15.7. The normalized spacial score (nSPS) is 12.2. The molecule has 2 aromatic heterocycles.